The molecule has 0 aromatic heterocycles. The molecule has 2 aromatic rings. The van der Waals surface area contributed by atoms with E-state index in [1.165, 1.54) is 6.07 Å². The molecule has 128 valence electrons. The van der Waals surface area contributed by atoms with Crippen LogP contribution < -0.4 is 10.1 Å². The topological polar surface area (TPSA) is 38.3 Å². The van der Waals surface area contributed by atoms with E-state index in [0.717, 1.165) is 11.6 Å². The van der Waals surface area contributed by atoms with Crippen LogP contribution in [0.15, 0.2) is 42.5 Å². The van der Waals surface area contributed by atoms with Crippen molar-refractivity contribution in [2.24, 2.45) is 0 Å². The Labute approximate surface area is 140 Å². The molecule has 1 atom stereocenters. The molecule has 0 saturated carbocycles. The van der Waals surface area contributed by atoms with E-state index in [-0.39, 0.29) is 11.1 Å². The van der Waals surface area contributed by atoms with E-state index in [9.17, 15) is 13.6 Å². The lowest BCUT2D eigenvalue weighted by molar-refractivity contribution is -0.122. The Bertz CT molecular complexity index is 721. The molecule has 2 aromatic carbocycles. The highest BCUT2D eigenvalue weighted by Crippen LogP contribution is 2.25. The summed E-state index contributed by atoms with van der Waals surface area (Å²) >= 11 is 0. The van der Waals surface area contributed by atoms with Crippen molar-refractivity contribution >= 4 is 11.6 Å². The Morgan fingerprint density at radius 1 is 1.08 bits per heavy atom. The molecule has 0 aliphatic carbocycles. The summed E-state index contributed by atoms with van der Waals surface area (Å²) in [6.07, 6.45) is -0.824. The van der Waals surface area contributed by atoms with Gasteiger partial charge in [-0.25, -0.2) is 8.78 Å². The molecule has 0 aliphatic rings. The lowest BCUT2D eigenvalue weighted by atomic mass is 9.87. The van der Waals surface area contributed by atoms with E-state index in [4.69, 9.17) is 4.74 Å². The number of hydrogen-bond donors (Lipinski definition) is 1. The van der Waals surface area contributed by atoms with Crippen LogP contribution in [0.2, 0.25) is 0 Å². The van der Waals surface area contributed by atoms with Crippen LogP contribution >= 0.6 is 0 Å². The van der Waals surface area contributed by atoms with Crippen molar-refractivity contribution in [1.82, 2.24) is 0 Å². The summed E-state index contributed by atoms with van der Waals surface area (Å²) in [5.41, 5.74) is 1.10. The largest absolute Gasteiger partial charge is 0.481 e. The first kappa shape index (κ1) is 17.9. The molecule has 0 unspecified atom stereocenters. The Morgan fingerprint density at radius 3 is 2.25 bits per heavy atom. The normalized spacial score (nSPS) is 12.6. The second-order valence-corrected chi connectivity index (χ2v) is 6.65. The molecular weight excluding hydrogens is 312 g/mol. The van der Waals surface area contributed by atoms with Crippen LogP contribution in [0, 0.1) is 11.6 Å². The number of halogens is 2. The summed E-state index contributed by atoms with van der Waals surface area (Å²) in [6, 6.07) is 10.4. The Balaban J connectivity index is 2.01. The molecular formula is C19H21F2NO2. The predicted molar refractivity (Wildman–Crippen MR) is 90.2 cm³/mol. The van der Waals surface area contributed by atoms with E-state index in [2.05, 4.69) is 26.1 Å². The lowest BCUT2D eigenvalue weighted by Gasteiger charge is -2.20. The molecule has 5 heteroatoms. The minimum absolute atomic E-state index is 0.0294. The molecule has 1 amide bonds. The van der Waals surface area contributed by atoms with Gasteiger partial charge in [0, 0.05) is 6.07 Å². The van der Waals surface area contributed by atoms with Crippen molar-refractivity contribution in [2.75, 3.05) is 5.32 Å². The molecule has 0 spiro atoms. The average molecular weight is 333 g/mol. The highest BCUT2D eigenvalue weighted by molar-refractivity contribution is 5.94. The SMILES string of the molecule is C[C@H](Oc1ccc(C(C)(C)C)cc1)C(=O)Nc1ccc(F)cc1F. The fraction of sp³-hybridized carbons (Fsp3) is 0.316. The molecule has 0 bridgehead atoms. The molecule has 1 N–H and O–H groups in total. The third kappa shape index (κ3) is 4.54. The van der Waals surface area contributed by atoms with Gasteiger partial charge in [0.25, 0.3) is 5.91 Å². The first-order valence-corrected chi connectivity index (χ1v) is 7.70. The summed E-state index contributed by atoms with van der Waals surface area (Å²) in [4.78, 5) is 12.1. The minimum atomic E-state index is -0.829. The van der Waals surface area contributed by atoms with Gasteiger partial charge in [-0.05, 0) is 42.2 Å². The summed E-state index contributed by atoms with van der Waals surface area (Å²) in [6.45, 7) is 7.89. The minimum Gasteiger partial charge on any atom is -0.481 e. The zero-order valence-electron chi connectivity index (χ0n) is 14.2. The molecule has 24 heavy (non-hydrogen) atoms. The number of hydrogen-bond acceptors (Lipinski definition) is 2. The zero-order valence-corrected chi connectivity index (χ0v) is 14.2. The highest BCUT2D eigenvalue weighted by atomic mass is 19.1. The summed E-state index contributed by atoms with van der Waals surface area (Å²) in [7, 11) is 0. The number of ether oxygens (including phenoxy) is 1. The van der Waals surface area contributed by atoms with E-state index in [1.807, 2.05) is 12.1 Å². The van der Waals surface area contributed by atoms with Gasteiger partial charge in [-0.2, -0.15) is 0 Å². The first-order valence-electron chi connectivity index (χ1n) is 7.70. The second-order valence-electron chi connectivity index (χ2n) is 6.65. The zero-order chi connectivity index (χ0) is 17.9. The van der Waals surface area contributed by atoms with Gasteiger partial charge in [0.2, 0.25) is 0 Å². The van der Waals surface area contributed by atoms with E-state index in [0.29, 0.717) is 11.8 Å². The summed E-state index contributed by atoms with van der Waals surface area (Å²) in [5.74, 6) is -1.50. The van der Waals surface area contributed by atoms with Crippen molar-refractivity contribution in [3.05, 3.63) is 59.7 Å². The van der Waals surface area contributed by atoms with Crippen LogP contribution in [0.1, 0.15) is 33.3 Å². The van der Waals surface area contributed by atoms with Gasteiger partial charge in [0.15, 0.2) is 6.10 Å². The maximum Gasteiger partial charge on any atom is 0.265 e. The second kappa shape index (κ2) is 6.99. The number of nitrogens with one attached hydrogen (secondary N) is 1. The number of rotatable bonds is 4. The third-order valence-corrected chi connectivity index (χ3v) is 3.59. The van der Waals surface area contributed by atoms with Gasteiger partial charge in [-0.1, -0.05) is 32.9 Å². The molecule has 0 radical (unpaired) electrons. The molecule has 0 saturated heterocycles. The maximum atomic E-state index is 13.6. The van der Waals surface area contributed by atoms with E-state index in [1.54, 1.807) is 19.1 Å². The van der Waals surface area contributed by atoms with Gasteiger partial charge >= 0.3 is 0 Å². The number of carbonyl (C=O) groups excluding carboxylic acids is 1. The number of carbonyl (C=O) groups is 1. The smallest absolute Gasteiger partial charge is 0.265 e. The lowest BCUT2D eigenvalue weighted by Crippen LogP contribution is -2.30. The van der Waals surface area contributed by atoms with Crippen LogP contribution in [-0.4, -0.2) is 12.0 Å². The van der Waals surface area contributed by atoms with Crippen molar-refractivity contribution in [1.29, 1.82) is 0 Å². The highest BCUT2D eigenvalue weighted by Gasteiger charge is 2.18. The van der Waals surface area contributed by atoms with Gasteiger partial charge < -0.3 is 10.1 Å². The van der Waals surface area contributed by atoms with Crippen LogP contribution in [0.5, 0.6) is 5.75 Å². The Kier molecular flexibility index (Phi) is 5.22. The predicted octanol–water partition coefficient (Wildman–Crippen LogP) is 4.67. The number of benzene rings is 2. The van der Waals surface area contributed by atoms with Crippen LogP contribution in [0.3, 0.4) is 0 Å². The van der Waals surface area contributed by atoms with Gasteiger partial charge in [-0.15, -0.1) is 0 Å². The Hall–Kier alpha value is -2.43. The monoisotopic (exact) mass is 333 g/mol. The third-order valence-electron chi connectivity index (χ3n) is 3.59. The molecule has 3 nitrogen and oxygen atoms in total. The molecule has 0 heterocycles. The molecule has 0 fully saturated rings. The number of anilines is 1. The summed E-state index contributed by atoms with van der Waals surface area (Å²) < 4.78 is 32.0. The van der Waals surface area contributed by atoms with Crippen molar-refractivity contribution in [3.8, 4) is 5.75 Å². The molecule has 2 rings (SSSR count). The average Bonchev–Trinajstić information content (AvgIpc) is 2.49. The van der Waals surface area contributed by atoms with Crippen LogP contribution in [0.25, 0.3) is 0 Å². The Morgan fingerprint density at radius 2 is 1.71 bits per heavy atom. The van der Waals surface area contributed by atoms with E-state index < -0.39 is 23.6 Å². The van der Waals surface area contributed by atoms with Gasteiger partial charge in [0.1, 0.15) is 17.4 Å². The fourth-order valence-electron chi connectivity index (χ4n) is 2.12. The first-order chi connectivity index (χ1) is 11.2. The standard InChI is InChI=1S/C19H21F2NO2/c1-12(18(23)22-17-10-7-14(20)11-16(17)21)24-15-8-5-13(6-9-15)19(2,3)4/h5-12H,1-4H3,(H,22,23)/t12-/m0/s1. The number of amides is 1. The van der Waals surface area contributed by atoms with Gasteiger partial charge in [0.05, 0.1) is 5.69 Å². The van der Waals surface area contributed by atoms with Crippen molar-refractivity contribution < 1.29 is 18.3 Å². The van der Waals surface area contributed by atoms with Crippen molar-refractivity contribution in [2.45, 2.75) is 39.2 Å². The van der Waals surface area contributed by atoms with Crippen LogP contribution in [0.4, 0.5) is 14.5 Å². The van der Waals surface area contributed by atoms with Crippen LogP contribution in [-0.2, 0) is 10.2 Å². The maximum absolute atomic E-state index is 13.6. The summed E-state index contributed by atoms with van der Waals surface area (Å²) in [5, 5.41) is 2.39. The van der Waals surface area contributed by atoms with E-state index >= 15 is 0 Å². The van der Waals surface area contributed by atoms with Gasteiger partial charge in [-0.3, -0.25) is 4.79 Å². The molecule has 0 aliphatic heterocycles. The van der Waals surface area contributed by atoms with Crippen molar-refractivity contribution in [3.63, 3.8) is 0 Å². The quantitative estimate of drug-likeness (QED) is 0.883. The fourth-order valence-corrected chi connectivity index (χ4v) is 2.12.